The minimum absolute atomic E-state index is 0.0788. The summed E-state index contributed by atoms with van der Waals surface area (Å²) in [6, 6.07) is 5.55. The fourth-order valence-electron chi connectivity index (χ4n) is 2.77. The van der Waals surface area contributed by atoms with Gasteiger partial charge in [-0.2, -0.15) is 0 Å². The lowest BCUT2D eigenvalue weighted by atomic mass is 9.85. The van der Waals surface area contributed by atoms with Gasteiger partial charge in [-0.05, 0) is 48.9 Å². The summed E-state index contributed by atoms with van der Waals surface area (Å²) in [6.45, 7) is 1.76. The van der Waals surface area contributed by atoms with E-state index in [0.717, 1.165) is 24.8 Å². The number of fused-ring (bicyclic) bond motifs is 1. The maximum Gasteiger partial charge on any atom is 0.115 e. The van der Waals surface area contributed by atoms with E-state index >= 15 is 0 Å². The molecule has 19 heavy (non-hydrogen) atoms. The molecule has 1 unspecified atom stereocenters. The van der Waals surface area contributed by atoms with Gasteiger partial charge >= 0.3 is 0 Å². The highest BCUT2D eigenvalue weighted by Crippen LogP contribution is 2.33. The van der Waals surface area contributed by atoms with E-state index in [1.807, 2.05) is 13.0 Å². The van der Waals surface area contributed by atoms with Crippen LogP contribution in [-0.2, 0) is 6.42 Å². The van der Waals surface area contributed by atoms with Gasteiger partial charge in [0.1, 0.15) is 5.75 Å². The molecular weight excluding hydrogens is 242 g/mol. The van der Waals surface area contributed by atoms with Crippen LogP contribution in [0.25, 0.3) is 0 Å². The number of aromatic hydroxyl groups is 1. The second-order valence-electron chi connectivity index (χ2n) is 5.42. The Morgan fingerprint density at radius 2 is 2.05 bits per heavy atom. The molecule has 1 atom stereocenters. The average molecular weight is 265 g/mol. The smallest absolute Gasteiger partial charge is 0.115 e. The first-order chi connectivity index (χ1) is 9.14. The van der Waals surface area contributed by atoms with Crippen molar-refractivity contribution in [2.75, 3.05) is 13.2 Å². The third-order valence-corrected chi connectivity index (χ3v) is 4.21. The molecule has 0 fully saturated rings. The van der Waals surface area contributed by atoms with Crippen LogP contribution in [-0.4, -0.2) is 34.1 Å². The molecule has 4 nitrogen and oxygen atoms in total. The van der Waals surface area contributed by atoms with E-state index in [-0.39, 0.29) is 25.0 Å². The van der Waals surface area contributed by atoms with E-state index in [4.69, 9.17) is 0 Å². The number of aryl methyl sites for hydroxylation is 1. The zero-order valence-electron chi connectivity index (χ0n) is 11.4. The maximum absolute atomic E-state index is 9.65. The normalized spacial score (nSPS) is 19.2. The molecule has 1 aliphatic carbocycles. The van der Waals surface area contributed by atoms with Crippen molar-refractivity contribution in [3.63, 3.8) is 0 Å². The summed E-state index contributed by atoms with van der Waals surface area (Å²) in [4.78, 5) is 0. The van der Waals surface area contributed by atoms with Crippen molar-refractivity contribution >= 4 is 0 Å². The summed E-state index contributed by atoms with van der Waals surface area (Å²) in [5, 5.41) is 32.1. The van der Waals surface area contributed by atoms with E-state index < -0.39 is 5.54 Å². The molecular formula is C15H23NO3. The van der Waals surface area contributed by atoms with Crippen molar-refractivity contribution in [3.8, 4) is 5.75 Å². The minimum Gasteiger partial charge on any atom is -0.508 e. The number of nitrogens with one attached hydrogen (secondary N) is 1. The lowest BCUT2D eigenvalue weighted by Gasteiger charge is -2.37. The molecule has 0 saturated heterocycles. The van der Waals surface area contributed by atoms with Gasteiger partial charge in [0.2, 0.25) is 0 Å². The summed E-state index contributed by atoms with van der Waals surface area (Å²) in [7, 11) is 0. The first-order valence-electron chi connectivity index (χ1n) is 6.95. The topological polar surface area (TPSA) is 72.7 Å². The number of aliphatic hydroxyl groups is 2. The van der Waals surface area contributed by atoms with Crippen LogP contribution in [0.1, 0.15) is 43.4 Å². The Bertz CT molecular complexity index is 421. The molecule has 4 N–H and O–H groups in total. The largest absolute Gasteiger partial charge is 0.508 e. The lowest BCUT2D eigenvalue weighted by molar-refractivity contribution is 0.0751. The van der Waals surface area contributed by atoms with Crippen molar-refractivity contribution in [2.24, 2.45) is 0 Å². The number of hydrogen-bond acceptors (Lipinski definition) is 4. The number of aliphatic hydroxyl groups excluding tert-OH is 2. The monoisotopic (exact) mass is 265 g/mol. The van der Waals surface area contributed by atoms with Gasteiger partial charge in [-0.25, -0.2) is 0 Å². The molecule has 1 aromatic carbocycles. The summed E-state index contributed by atoms with van der Waals surface area (Å²) < 4.78 is 0. The first kappa shape index (κ1) is 14.3. The SMILES string of the molecule is CCC(CO)(CO)NC1CCCc2ccc(O)cc21. The molecule has 106 valence electrons. The van der Waals surface area contributed by atoms with Gasteiger partial charge in [0.05, 0.1) is 18.8 Å². The summed E-state index contributed by atoms with van der Waals surface area (Å²) in [5.41, 5.74) is 1.68. The Kier molecular flexibility index (Phi) is 4.45. The van der Waals surface area contributed by atoms with Gasteiger partial charge < -0.3 is 20.6 Å². The quantitative estimate of drug-likeness (QED) is 0.651. The third-order valence-electron chi connectivity index (χ3n) is 4.21. The Hall–Kier alpha value is -1.10. The fraction of sp³-hybridized carbons (Fsp3) is 0.600. The molecule has 1 aromatic rings. The van der Waals surface area contributed by atoms with Gasteiger partial charge in [-0.1, -0.05) is 13.0 Å². The van der Waals surface area contributed by atoms with Crippen LogP contribution >= 0.6 is 0 Å². The third kappa shape index (κ3) is 2.91. The zero-order chi connectivity index (χ0) is 13.9. The number of phenolic OH excluding ortho intramolecular Hbond substituents is 1. The average Bonchev–Trinajstić information content (AvgIpc) is 2.45. The molecule has 2 rings (SSSR count). The molecule has 0 radical (unpaired) electrons. The van der Waals surface area contributed by atoms with Gasteiger partial charge in [-0.3, -0.25) is 0 Å². The van der Waals surface area contributed by atoms with E-state index in [1.165, 1.54) is 5.56 Å². The van der Waals surface area contributed by atoms with Crippen LogP contribution < -0.4 is 5.32 Å². The highest BCUT2D eigenvalue weighted by molar-refractivity contribution is 5.38. The van der Waals surface area contributed by atoms with Crippen molar-refractivity contribution < 1.29 is 15.3 Å². The maximum atomic E-state index is 9.65. The Labute approximate surface area is 114 Å². The van der Waals surface area contributed by atoms with Crippen molar-refractivity contribution in [3.05, 3.63) is 29.3 Å². The van der Waals surface area contributed by atoms with E-state index in [1.54, 1.807) is 12.1 Å². The Morgan fingerprint density at radius 3 is 2.68 bits per heavy atom. The van der Waals surface area contributed by atoms with E-state index in [0.29, 0.717) is 6.42 Å². The Morgan fingerprint density at radius 1 is 1.32 bits per heavy atom. The van der Waals surface area contributed by atoms with Crippen LogP contribution in [0.2, 0.25) is 0 Å². The molecule has 0 aliphatic heterocycles. The standard InChI is InChI=1S/C15H23NO3/c1-2-15(9-17,10-18)16-14-5-3-4-11-6-7-12(19)8-13(11)14/h6-8,14,16-19H,2-5,9-10H2,1H3. The van der Waals surface area contributed by atoms with Crippen LogP contribution in [0.3, 0.4) is 0 Å². The highest BCUT2D eigenvalue weighted by Gasteiger charge is 2.31. The molecule has 1 aliphatic rings. The zero-order valence-corrected chi connectivity index (χ0v) is 11.4. The first-order valence-corrected chi connectivity index (χ1v) is 6.95. The number of benzene rings is 1. The predicted molar refractivity (Wildman–Crippen MR) is 74.1 cm³/mol. The molecule has 0 saturated carbocycles. The second-order valence-corrected chi connectivity index (χ2v) is 5.42. The van der Waals surface area contributed by atoms with Crippen molar-refractivity contribution in [1.82, 2.24) is 5.32 Å². The number of hydrogen-bond donors (Lipinski definition) is 4. The van der Waals surface area contributed by atoms with Crippen LogP contribution in [0.4, 0.5) is 0 Å². The van der Waals surface area contributed by atoms with E-state index in [9.17, 15) is 15.3 Å². The summed E-state index contributed by atoms with van der Waals surface area (Å²) in [6.07, 6.45) is 3.71. The molecule has 0 spiro atoms. The van der Waals surface area contributed by atoms with Gasteiger partial charge in [-0.15, -0.1) is 0 Å². The van der Waals surface area contributed by atoms with Gasteiger partial charge in [0.25, 0.3) is 0 Å². The van der Waals surface area contributed by atoms with E-state index in [2.05, 4.69) is 5.32 Å². The summed E-state index contributed by atoms with van der Waals surface area (Å²) >= 11 is 0. The molecule has 4 heteroatoms. The van der Waals surface area contributed by atoms with Crippen LogP contribution in [0.5, 0.6) is 5.75 Å². The molecule has 0 heterocycles. The lowest BCUT2D eigenvalue weighted by Crippen LogP contribution is -2.53. The van der Waals surface area contributed by atoms with Crippen LogP contribution in [0, 0.1) is 0 Å². The van der Waals surface area contributed by atoms with Gasteiger partial charge in [0, 0.05) is 6.04 Å². The minimum atomic E-state index is -0.648. The second kappa shape index (κ2) is 5.90. The Balaban J connectivity index is 2.26. The molecule has 0 amide bonds. The van der Waals surface area contributed by atoms with Crippen molar-refractivity contribution in [2.45, 2.75) is 44.2 Å². The number of rotatable bonds is 5. The van der Waals surface area contributed by atoms with Gasteiger partial charge in [0.15, 0.2) is 0 Å². The predicted octanol–water partition coefficient (Wildman–Crippen LogP) is 1.49. The van der Waals surface area contributed by atoms with Crippen LogP contribution in [0.15, 0.2) is 18.2 Å². The highest BCUT2D eigenvalue weighted by atomic mass is 16.3. The fourth-order valence-corrected chi connectivity index (χ4v) is 2.77. The van der Waals surface area contributed by atoms with Crippen molar-refractivity contribution in [1.29, 1.82) is 0 Å². The summed E-state index contributed by atoms with van der Waals surface area (Å²) in [5.74, 6) is 0.266. The molecule has 0 aromatic heterocycles. The molecule has 0 bridgehead atoms. The number of phenols is 1.